The molecular weight excluding hydrogens is 272 g/mol. The highest BCUT2D eigenvalue weighted by Crippen LogP contribution is 2.51. The molecule has 2 N–H and O–H groups in total. The van der Waals surface area contributed by atoms with Crippen molar-refractivity contribution in [1.82, 2.24) is 0 Å². The fourth-order valence-corrected chi connectivity index (χ4v) is 3.66. The normalized spacial score (nSPS) is 38.8. The zero-order valence-corrected chi connectivity index (χ0v) is 10.4. The second kappa shape index (κ2) is 5.48. The molecule has 0 spiro atoms. The number of hydrogen-bond donors (Lipinski definition) is 2. The average molecular weight is 286 g/mol. The van der Waals surface area contributed by atoms with Crippen molar-refractivity contribution < 1.29 is 38.9 Å². The summed E-state index contributed by atoms with van der Waals surface area (Å²) in [6, 6.07) is 0. The van der Waals surface area contributed by atoms with Gasteiger partial charge in [0.2, 0.25) is 0 Å². The van der Waals surface area contributed by atoms with Gasteiger partial charge in [-0.25, -0.2) is 0 Å². The molecule has 3 aliphatic carbocycles. The smallest absolute Gasteiger partial charge is 0.307 e. The van der Waals surface area contributed by atoms with Crippen LogP contribution in [0.2, 0.25) is 0 Å². The minimum Gasteiger partial charge on any atom is -0.481 e. The molecule has 0 aromatic carbocycles. The Bertz CT molecular complexity index is 393. The first-order valence-corrected chi connectivity index (χ1v) is 6.16. The summed E-state index contributed by atoms with van der Waals surface area (Å²) in [4.78, 5) is 43.8. The molecule has 3 saturated carbocycles. The lowest BCUT2D eigenvalue weighted by molar-refractivity contribution is -0.208. The van der Waals surface area contributed by atoms with Gasteiger partial charge >= 0.3 is 11.9 Å². The second-order valence-electron chi connectivity index (χ2n) is 5.03. The summed E-state index contributed by atoms with van der Waals surface area (Å²) in [7, 11) is 0. The molecule has 0 heterocycles. The van der Waals surface area contributed by atoms with Crippen LogP contribution in [0.15, 0.2) is 0 Å². The molecule has 0 radical (unpaired) electrons. The Kier molecular flexibility index (Phi) is 3.91. The van der Waals surface area contributed by atoms with E-state index in [9.17, 15) is 29.4 Å². The van der Waals surface area contributed by atoms with Crippen LogP contribution < -0.4 is 0 Å². The highest BCUT2D eigenvalue weighted by Gasteiger charge is 2.61. The Labute approximate surface area is 113 Å². The molecule has 0 aromatic rings. The van der Waals surface area contributed by atoms with Gasteiger partial charge in [0, 0.05) is 11.8 Å². The lowest BCUT2D eigenvalue weighted by Crippen LogP contribution is -2.61. The van der Waals surface area contributed by atoms with E-state index in [1.807, 2.05) is 0 Å². The first kappa shape index (κ1) is 14.3. The predicted octanol–water partition coefficient (Wildman–Crippen LogP) is -0.489. The van der Waals surface area contributed by atoms with E-state index in [2.05, 4.69) is 0 Å². The van der Waals surface area contributed by atoms with E-state index >= 15 is 0 Å². The average Bonchev–Trinajstić information content (AvgIpc) is 2.40. The molecule has 0 aromatic heterocycles. The minimum atomic E-state index is -1.24. The van der Waals surface area contributed by atoms with Crippen LogP contribution in [0.5, 0.6) is 0 Å². The van der Waals surface area contributed by atoms with Gasteiger partial charge in [0.1, 0.15) is 12.2 Å². The fraction of sp³-hybridized carbons (Fsp3) is 0.667. The van der Waals surface area contributed by atoms with Gasteiger partial charge < -0.3 is 19.7 Å². The maximum absolute atomic E-state index is 11.4. The molecule has 0 aliphatic heterocycles. The summed E-state index contributed by atoms with van der Waals surface area (Å²) < 4.78 is 9.74. The van der Waals surface area contributed by atoms with Crippen LogP contribution in [0.1, 0.15) is 12.8 Å². The van der Waals surface area contributed by atoms with Crippen molar-refractivity contribution in [2.75, 3.05) is 0 Å². The Balaban J connectivity index is 2.39. The van der Waals surface area contributed by atoms with Crippen LogP contribution in [0.3, 0.4) is 0 Å². The molecule has 20 heavy (non-hydrogen) atoms. The molecule has 3 aliphatic rings. The maximum Gasteiger partial charge on any atom is 0.307 e. The van der Waals surface area contributed by atoms with Gasteiger partial charge in [0.15, 0.2) is 0 Å². The summed E-state index contributed by atoms with van der Waals surface area (Å²) in [6.07, 6.45) is -0.980. The number of carboxylic acid groups (broad SMARTS) is 2. The lowest BCUT2D eigenvalue weighted by atomic mass is 9.56. The van der Waals surface area contributed by atoms with Gasteiger partial charge in [-0.15, -0.1) is 0 Å². The molecule has 6 unspecified atom stereocenters. The van der Waals surface area contributed by atoms with Gasteiger partial charge in [0.05, 0.1) is 11.8 Å². The Morgan fingerprint density at radius 2 is 1.20 bits per heavy atom. The number of ether oxygens (including phenoxy) is 2. The molecule has 3 rings (SSSR count). The van der Waals surface area contributed by atoms with Gasteiger partial charge in [-0.3, -0.25) is 19.2 Å². The van der Waals surface area contributed by atoms with Crippen molar-refractivity contribution in [2.24, 2.45) is 23.7 Å². The molecule has 8 nitrogen and oxygen atoms in total. The zero-order valence-electron chi connectivity index (χ0n) is 10.4. The molecule has 3 fully saturated rings. The Morgan fingerprint density at radius 1 is 0.850 bits per heavy atom. The van der Waals surface area contributed by atoms with Crippen molar-refractivity contribution in [3.05, 3.63) is 0 Å². The largest absolute Gasteiger partial charge is 0.481 e. The van der Waals surface area contributed by atoms with Crippen LogP contribution in [0, 0.1) is 23.7 Å². The summed E-state index contributed by atoms with van der Waals surface area (Å²) in [5.74, 6) is -6.12. The fourth-order valence-electron chi connectivity index (χ4n) is 3.66. The Hall–Kier alpha value is -2.12. The molecule has 110 valence electrons. The topological polar surface area (TPSA) is 127 Å². The van der Waals surface area contributed by atoms with Crippen molar-refractivity contribution >= 4 is 24.9 Å². The van der Waals surface area contributed by atoms with Crippen LogP contribution in [-0.4, -0.2) is 47.3 Å². The molecule has 0 amide bonds. The van der Waals surface area contributed by atoms with E-state index in [4.69, 9.17) is 9.47 Å². The molecular formula is C12H14O8. The summed E-state index contributed by atoms with van der Waals surface area (Å²) in [5.41, 5.74) is 0. The maximum atomic E-state index is 11.4. The SMILES string of the molecule is O=COC1C2CCC(C1OC=O)C(C(=O)O)C2C(=O)O. The quantitative estimate of drug-likeness (QED) is 0.626. The molecule has 8 heteroatoms. The monoisotopic (exact) mass is 286 g/mol. The molecule has 6 atom stereocenters. The number of aliphatic carboxylic acids is 2. The summed E-state index contributed by atoms with van der Waals surface area (Å²) in [5, 5.41) is 18.5. The van der Waals surface area contributed by atoms with Crippen LogP contribution in [0.4, 0.5) is 0 Å². The van der Waals surface area contributed by atoms with E-state index in [1.165, 1.54) is 0 Å². The Morgan fingerprint density at radius 3 is 1.45 bits per heavy atom. The first-order valence-electron chi connectivity index (χ1n) is 6.16. The molecule has 2 bridgehead atoms. The number of carbonyl (C=O) groups is 4. The lowest BCUT2D eigenvalue weighted by Gasteiger charge is -2.51. The van der Waals surface area contributed by atoms with E-state index in [0.29, 0.717) is 12.8 Å². The third kappa shape index (κ3) is 2.10. The number of hydrogen-bond acceptors (Lipinski definition) is 6. The third-order valence-electron chi connectivity index (χ3n) is 4.31. The standard InChI is InChI=1S/C12H14O8/c13-3-19-9-5-1-2-6(10(9)20-4-14)8(12(17)18)7(5)11(15)16/h3-10H,1-2H2,(H,15,16)(H,17,18). The van der Waals surface area contributed by atoms with Crippen molar-refractivity contribution in [1.29, 1.82) is 0 Å². The minimum absolute atomic E-state index is 0.168. The first-order chi connectivity index (χ1) is 9.52. The van der Waals surface area contributed by atoms with E-state index < -0.39 is 47.8 Å². The van der Waals surface area contributed by atoms with Crippen LogP contribution >= 0.6 is 0 Å². The zero-order chi connectivity index (χ0) is 14.9. The highest BCUT2D eigenvalue weighted by molar-refractivity contribution is 5.81. The number of carboxylic acids is 2. The van der Waals surface area contributed by atoms with Crippen molar-refractivity contribution in [2.45, 2.75) is 25.0 Å². The van der Waals surface area contributed by atoms with Crippen molar-refractivity contribution in [3.8, 4) is 0 Å². The van der Waals surface area contributed by atoms with E-state index in [-0.39, 0.29) is 12.9 Å². The van der Waals surface area contributed by atoms with Gasteiger partial charge in [-0.1, -0.05) is 0 Å². The summed E-state index contributed by atoms with van der Waals surface area (Å²) in [6.45, 7) is 0.336. The number of carbonyl (C=O) groups excluding carboxylic acids is 2. The second-order valence-corrected chi connectivity index (χ2v) is 5.03. The predicted molar refractivity (Wildman–Crippen MR) is 60.3 cm³/mol. The number of fused-ring (bicyclic) bond motifs is 3. The van der Waals surface area contributed by atoms with Crippen molar-refractivity contribution in [3.63, 3.8) is 0 Å². The third-order valence-corrected chi connectivity index (χ3v) is 4.31. The highest BCUT2D eigenvalue weighted by atomic mass is 16.6. The summed E-state index contributed by atoms with van der Waals surface area (Å²) >= 11 is 0. The van der Waals surface area contributed by atoms with Gasteiger partial charge in [-0.2, -0.15) is 0 Å². The van der Waals surface area contributed by atoms with Crippen LogP contribution in [0.25, 0.3) is 0 Å². The van der Waals surface area contributed by atoms with Gasteiger partial charge in [-0.05, 0) is 12.8 Å². The van der Waals surface area contributed by atoms with Crippen LogP contribution in [-0.2, 0) is 28.7 Å². The van der Waals surface area contributed by atoms with E-state index in [1.54, 1.807) is 0 Å². The van der Waals surface area contributed by atoms with Gasteiger partial charge in [0.25, 0.3) is 12.9 Å². The molecule has 0 saturated heterocycles. The van der Waals surface area contributed by atoms with E-state index in [0.717, 1.165) is 0 Å². The number of rotatable bonds is 6.